The SMILES string of the molecule is CNc1c(OC)cc(I)cc1OC. The largest absolute Gasteiger partial charge is 0.494 e. The van der Waals surface area contributed by atoms with Crippen molar-refractivity contribution < 1.29 is 9.47 Å². The van der Waals surface area contributed by atoms with Gasteiger partial charge in [-0.2, -0.15) is 0 Å². The van der Waals surface area contributed by atoms with Crippen LogP contribution in [0, 0.1) is 3.57 Å². The Morgan fingerprint density at radius 1 is 1.15 bits per heavy atom. The van der Waals surface area contributed by atoms with Crippen molar-refractivity contribution in [2.75, 3.05) is 26.6 Å². The lowest BCUT2D eigenvalue weighted by Crippen LogP contribution is -1.98. The van der Waals surface area contributed by atoms with Gasteiger partial charge in [0.2, 0.25) is 0 Å². The van der Waals surface area contributed by atoms with Crippen molar-refractivity contribution in [1.82, 2.24) is 0 Å². The average molecular weight is 293 g/mol. The van der Waals surface area contributed by atoms with Gasteiger partial charge < -0.3 is 14.8 Å². The first-order valence-electron chi connectivity index (χ1n) is 3.82. The van der Waals surface area contributed by atoms with E-state index in [1.807, 2.05) is 19.2 Å². The lowest BCUT2D eigenvalue weighted by Gasteiger charge is -2.12. The maximum atomic E-state index is 5.21. The molecular weight excluding hydrogens is 281 g/mol. The summed E-state index contributed by atoms with van der Waals surface area (Å²) in [4.78, 5) is 0. The van der Waals surface area contributed by atoms with Gasteiger partial charge in [0.05, 0.1) is 14.2 Å². The maximum absolute atomic E-state index is 5.21. The van der Waals surface area contributed by atoms with E-state index in [1.165, 1.54) is 0 Å². The van der Waals surface area contributed by atoms with Gasteiger partial charge in [-0.05, 0) is 34.7 Å². The van der Waals surface area contributed by atoms with Crippen molar-refractivity contribution in [3.05, 3.63) is 15.7 Å². The van der Waals surface area contributed by atoms with Gasteiger partial charge in [-0.3, -0.25) is 0 Å². The number of methoxy groups -OCH3 is 2. The van der Waals surface area contributed by atoms with Crippen LogP contribution in [0.25, 0.3) is 0 Å². The molecule has 1 aromatic rings. The predicted molar refractivity (Wildman–Crippen MR) is 61.8 cm³/mol. The van der Waals surface area contributed by atoms with Crippen LogP contribution in [0.4, 0.5) is 5.69 Å². The first-order valence-corrected chi connectivity index (χ1v) is 4.90. The Bertz CT molecular complexity index is 277. The zero-order valence-corrected chi connectivity index (χ0v) is 10.0. The van der Waals surface area contributed by atoms with Crippen LogP contribution in [-0.4, -0.2) is 21.3 Å². The fraction of sp³-hybridized carbons (Fsp3) is 0.333. The molecule has 1 rings (SSSR count). The molecule has 3 nitrogen and oxygen atoms in total. The van der Waals surface area contributed by atoms with E-state index in [0.717, 1.165) is 20.8 Å². The molecule has 0 saturated carbocycles. The van der Waals surface area contributed by atoms with Gasteiger partial charge in [0, 0.05) is 10.6 Å². The molecule has 0 amide bonds. The van der Waals surface area contributed by atoms with E-state index < -0.39 is 0 Å². The standard InChI is InChI=1S/C9H12INO2/c1-11-9-7(12-2)4-6(10)5-8(9)13-3/h4-5,11H,1-3H3. The monoisotopic (exact) mass is 293 g/mol. The minimum atomic E-state index is 0.797. The molecule has 0 aromatic heterocycles. The van der Waals surface area contributed by atoms with Crippen LogP contribution in [0.2, 0.25) is 0 Å². The van der Waals surface area contributed by atoms with Crippen molar-refractivity contribution in [2.45, 2.75) is 0 Å². The van der Waals surface area contributed by atoms with E-state index in [9.17, 15) is 0 Å². The third kappa shape index (κ3) is 2.18. The van der Waals surface area contributed by atoms with E-state index in [4.69, 9.17) is 9.47 Å². The normalized spacial score (nSPS) is 9.54. The molecule has 0 unspecified atom stereocenters. The molecule has 0 radical (unpaired) electrons. The second-order valence-corrected chi connectivity index (χ2v) is 3.68. The first kappa shape index (κ1) is 10.4. The smallest absolute Gasteiger partial charge is 0.146 e. The highest BCUT2D eigenvalue weighted by atomic mass is 127. The van der Waals surface area contributed by atoms with Crippen molar-refractivity contribution >= 4 is 28.3 Å². The molecule has 0 bridgehead atoms. The molecule has 0 aliphatic rings. The van der Waals surface area contributed by atoms with Crippen LogP contribution in [0.3, 0.4) is 0 Å². The highest BCUT2D eigenvalue weighted by Gasteiger charge is 2.09. The number of benzene rings is 1. The molecule has 4 heteroatoms. The van der Waals surface area contributed by atoms with Gasteiger partial charge in [0.25, 0.3) is 0 Å². The van der Waals surface area contributed by atoms with Crippen molar-refractivity contribution in [2.24, 2.45) is 0 Å². The zero-order valence-electron chi connectivity index (χ0n) is 7.85. The van der Waals surface area contributed by atoms with Crippen molar-refractivity contribution in [3.63, 3.8) is 0 Å². The maximum Gasteiger partial charge on any atom is 0.146 e. The van der Waals surface area contributed by atoms with E-state index in [1.54, 1.807) is 14.2 Å². The topological polar surface area (TPSA) is 30.5 Å². The molecule has 72 valence electrons. The molecule has 0 aliphatic heterocycles. The molecular formula is C9H12INO2. The van der Waals surface area contributed by atoms with E-state index in [0.29, 0.717) is 0 Å². The quantitative estimate of drug-likeness (QED) is 0.868. The van der Waals surface area contributed by atoms with Crippen LogP contribution < -0.4 is 14.8 Å². The first-order chi connectivity index (χ1) is 6.22. The summed E-state index contributed by atoms with van der Waals surface area (Å²) in [6.07, 6.45) is 0. The highest BCUT2D eigenvalue weighted by Crippen LogP contribution is 2.35. The van der Waals surface area contributed by atoms with E-state index in [-0.39, 0.29) is 0 Å². The average Bonchev–Trinajstić information content (AvgIpc) is 2.16. The van der Waals surface area contributed by atoms with Crippen LogP contribution in [0.1, 0.15) is 0 Å². The third-order valence-corrected chi connectivity index (χ3v) is 2.34. The fourth-order valence-electron chi connectivity index (χ4n) is 1.13. The summed E-state index contributed by atoms with van der Waals surface area (Å²) in [6, 6.07) is 3.91. The molecule has 0 heterocycles. The molecule has 13 heavy (non-hydrogen) atoms. The molecule has 0 aliphatic carbocycles. The molecule has 1 aromatic carbocycles. The number of ether oxygens (including phenoxy) is 2. The van der Waals surface area contributed by atoms with Crippen molar-refractivity contribution in [1.29, 1.82) is 0 Å². The van der Waals surface area contributed by atoms with Crippen LogP contribution in [0.5, 0.6) is 11.5 Å². The Morgan fingerprint density at radius 3 is 1.92 bits per heavy atom. The lowest BCUT2D eigenvalue weighted by molar-refractivity contribution is 0.397. The summed E-state index contributed by atoms with van der Waals surface area (Å²) in [5, 5.41) is 3.04. The fourth-order valence-corrected chi connectivity index (χ4v) is 1.69. The second-order valence-electron chi connectivity index (χ2n) is 2.44. The van der Waals surface area contributed by atoms with Gasteiger partial charge in [0.15, 0.2) is 0 Å². The van der Waals surface area contributed by atoms with Gasteiger partial charge >= 0.3 is 0 Å². The third-order valence-electron chi connectivity index (χ3n) is 1.72. The zero-order chi connectivity index (χ0) is 9.84. The Balaban J connectivity index is 3.25. The summed E-state index contributed by atoms with van der Waals surface area (Å²) in [7, 11) is 5.13. The van der Waals surface area contributed by atoms with E-state index in [2.05, 4.69) is 27.9 Å². The number of hydrogen-bond acceptors (Lipinski definition) is 3. The Labute approximate surface area is 91.6 Å². The summed E-state index contributed by atoms with van der Waals surface area (Å²) < 4.78 is 11.5. The minimum absolute atomic E-state index is 0.797. The molecule has 0 spiro atoms. The molecule has 1 N–H and O–H groups in total. The Hall–Kier alpha value is -0.650. The highest BCUT2D eigenvalue weighted by molar-refractivity contribution is 14.1. The van der Waals surface area contributed by atoms with Crippen LogP contribution >= 0.6 is 22.6 Å². The Morgan fingerprint density at radius 2 is 1.62 bits per heavy atom. The van der Waals surface area contributed by atoms with Gasteiger partial charge in [-0.25, -0.2) is 0 Å². The number of halogens is 1. The van der Waals surface area contributed by atoms with Gasteiger partial charge in [-0.1, -0.05) is 0 Å². The minimum Gasteiger partial charge on any atom is -0.494 e. The van der Waals surface area contributed by atoms with Crippen LogP contribution in [0.15, 0.2) is 12.1 Å². The van der Waals surface area contributed by atoms with Gasteiger partial charge in [0.1, 0.15) is 17.2 Å². The predicted octanol–water partition coefficient (Wildman–Crippen LogP) is 2.35. The molecule has 0 atom stereocenters. The van der Waals surface area contributed by atoms with Gasteiger partial charge in [-0.15, -0.1) is 0 Å². The number of hydrogen-bond donors (Lipinski definition) is 1. The summed E-state index contributed by atoms with van der Waals surface area (Å²) in [6.45, 7) is 0. The number of anilines is 1. The lowest BCUT2D eigenvalue weighted by atomic mass is 10.2. The number of nitrogens with one attached hydrogen (secondary N) is 1. The Kier molecular flexibility index (Phi) is 3.65. The summed E-state index contributed by atoms with van der Waals surface area (Å²) in [5.74, 6) is 1.59. The summed E-state index contributed by atoms with van der Waals surface area (Å²) in [5.41, 5.74) is 0.880. The van der Waals surface area contributed by atoms with E-state index >= 15 is 0 Å². The molecule has 0 saturated heterocycles. The summed E-state index contributed by atoms with van der Waals surface area (Å²) >= 11 is 2.22. The second kappa shape index (κ2) is 4.55. The molecule has 0 fully saturated rings. The number of rotatable bonds is 3. The van der Waals surface area contributed by atoms with Crippen molar-refractivity contribution in [3.8, 4) is 11.5 Å². The van der Waals surface area contributed by atoms with Crippen LogP contribution in [-0.2, 0) is 0 Å².